The van der Waals surface area contributed by atoms with E-state index in [1.807, 2.05) is 165 Å². The van der Waals surface area contributed by atoms with Crippen molar-refractivity contribution >= 4 is 60.4 Å². The summed E-state index contributed by atoms with van der Waals surface area (Å²) in [5.74, 6) is 0.354. The third-order valence-electron chi connectivity index (χ3n) is 20.8. The molecule has 9 aromatic carbocycles. The second-order valence-electron chi connectivity index (χ2n) is 32.7. The number of rotatable bonds is 22. The number of imidazole rings is 3. The number of aromatic carboxylic acids is 1. The first-order valence-electron chi connectivity index (χ1n) is 45.3. The molecule has 0 aliphatic rings. The van der Waals surface area contributed by atoms with Gasteiger partial charge in [-0.25, -0.2) is 32.5 Å². The van der Waals surface area contributed by atoms with Crippen molar-refractivity contribution in [2.75, 3.05) is 0 Å². The monoisotopic (exact) mass is 2870 g/mol. The van der Waals surface area contributed by atoms with Crippen molar-refractivity contribution < 1.29 is 139 Å². The number of benzene rings is 9. The number of carboxylic acid groups (broad SMARTS) is 1. The molecule has 0 bridgehead atoms. The number of aromatic nitrogens is 10. The van der Waals surface area contributed by atoms with Crippen LogP contribution < -0.4 is 0 Å². The van der Waals surface area contributed by atoms with Crippen LogP contribution in [-0.4, -0.2) is 81.4 Å². The minimum atomic E-state index is -0.990. The molecule has 0 aliphatic carbocycles. The van der Waals surface area contributed by atoms with E-state index < -0.39 is 17.6 Å². The summed E-state index contributed by atoms with van der Waals surface area (Å²) >= 11 is 3.47. The molecule has 3 N–H and O–H groups in total. The molecule has 759 valence electrons. The summed E-state index contributed by atoms with van der Waals surface area (Å²) in [5.41, 5.74) is 25.4. The van der Waals surface area contributed by atoms with E-state index in [0.29, 0.717) is 12.1 Å². The molecule has 0 spiro atoms. The first-order chi connectivity index (χ1) is 68.0. The van der Waals surface area contributed by atoms with Gasteiger partial charge in [0.2, 0.25) is 0 Å². The summed E-state index contributed by atoms with van der Waals surface area (Å²) in [6.07, 6.45) is 34.3. The number of thiophene rings is 2. The van der Waals surface area contributed by atoms with Crippen molar-refractivity contribution in [3.8, 4) is 83.6 Å². The number of nitrogens with zero attached hydrogens (tertiary/aromatic N) is 10. The molecule has 0 saturated heterocycles. The fourth-order valence-corrected chi connectivity index (χ4v) is 17.4. The normalized spacial score (nSPS) is 10.2. The van der Waals surface area contributed by atoms with E-state index in [0.717, 1.165) is 109 Å². The molecule has 9 aromatic heterocycles. The summed E-state index contributed by atoms with van der Waals surface area (Å²) < 4.78 is 35.2. The van der Waals surface area contributed by atoms with Crippen molar-refractivity contribution in [1.29, 1.82) is 0 Å². The number of aliphatic hydroxyl groups excluding tert-OH is 2. The maximum Gasteiger partial charge on any atom is 0.354 e. The number of hydrogen-bond acceptors (Lipinski definition) is 14. The van der Waals surface area contributed by atoms with Gasteiger partial charge in [-0.1, -0.05) is 144 Å². The Labute approximate surface area is 931 Å². The molecule has 25 heteroatoms. The average molecular weight is 2870 g/mol. The number of carbonyl (C=O) groups excluding carboxylic acids is 2. The molecular formula is C121H112F2Ir5N10O6S2-6. The number of hydrogen-bond donors (Lipinski definition) is 3. The Morgan fingerprint density at radius 1 is 0.363 bits per heavy atom. The molecule has 0 saturated carbocycles. The Balaban J connectivity index is 0.000000294. The predicted octanol–water partition coefficient (Wildman–Crippen LogP) is 29.3. The van der Waals surface area contributed by atoms with E-state index in [4.69, 9.17) is 15.3 Å². The van der Waals surface area contributed by atoms with E-state index in [1.54, 1.807) is 53.1 Å². The average Bonchev–Trinajstić information content (AvgIpc) is 1.64. The van der Waals surface area contributed by atoms with Crippen LogP contribution in [0.5, 0.6) is 0 Å². The number of aliphatic hydroxyl groups is 2. The molecule has 18 rings (SSSR count). The fraction of sp³-hybridized carbons (Fsp3) is 0.140. The zero-order valence-corrected chi connectivity index (χ0v) is 96.6. The number of carboxylic acids is 1. The van der Waals surface area contributed by atoms with Crippen molar-refractivity contribution in [2.45, 2.75) is 115 Å². The standard InChI is InChI=1S/C21H21N2.C20H19N2.C18H17N2.2C16H12NS.C14H10F2N.C6H5NO2.2C5H8O2.5Ir/c1-5-7-18-8-6-9-19(14-18)21-22-10-11-23(21)20-16(3)12-15(2)13-17(20)4;1-4-8-17-13-15(2)19(16(3)14-17)22-12-11-21-20(22)18-9-6-5-7-10-18;1-13-11-14(2)17(15(3)12-13)20-10-9-19-18(20)16-7-5-4-6-8-16;1-2-5-12-7-8-13-11-16(18-15(13)10-12)14-6-3-4-9-17-14;1-2-5-12-8-9-17-14(10-12)16-11-13-6-3-4-7-15(13)18-16;1-2-3-10-6-7-17-14(8-10)12-5-4-11(15)9-13(12)16;8-6(9)5-3-1-2-4-7-5;2*1-4(6)3-5(2)7;;;;;/h5-6,8,10-14H,1,7H2,2-4H3;4-7,9,11-14H,1,8H2,2-3H3;4-7,9-12H,1-3H3;2*2-4,6-10H,1,5H2;2,4,6-9H,1,3H2;1-4H,(H,8,9);2*3,6H,1-2H3;;;;;/q6*-1;;;;;;;;. The molecular weight excluding hydrogens is 2750 g/mol. The van der Waals surface area contributed by atoms with Gasteiger partial charge in [0.15, 0.2) is 11.6 Å². The van der Waals surface area contributed by atoms with Crippen LogP contribution >= 0.6 is 22.7 Å². The first-order valence-corrected chi connectivity index (χ1v) is 46.9. The molecule has 18 aromatic rings. The van der Waals surface area contributed by atoms with E-state index in [9.17, 15) is 23.2 Å². The molecule has 0 atom stereocenters. The Morgan fingerprint density at radius 3 is 1.18 bits per heavy atom. The minimum Gasteiger partial charge on any atom is -0.512 e. The maximum absolute atomic E-state index is 13.5. The molecule has 16 nitrogen and oxygen atoms in total. The van der Waals surface area contributed by atoms with Gasteiger partial charge in [0.25, 0.3) is 0 Å². The summed E-state index contributed by atoms with van der Waals surface area (Å²) in [6, 6.07) is 89.6. The van der Waals surface area contributed by atoms with Gasteiger partial charge in [-0.15, -0.1) is 199 Å². The number of carbonyl (C=O) groups is 3. The Kier molecular flexibility index (Phi) is 53.4. The Bertz CT molecular complexity index is 7250. The van der Waals surface area contributed by atoms with Gasteiger partial charge in [-0.2, -0.15) is 0 Å². The van der Waals surface area contributed by atoms with Crippen LogP contribution in [0.1, 0.15) is 111 Å². The molecule has 0 amide bonds. The van der Waals surface area contributed by atoms with Crippen LogP contribution in [0.25, 0.3) is 104 Å². The minimum absolute atomic E-state index is 0. The van der Waals surface area contributed by atoms with Gasteiger partial charge in [-0.05, 0) is 220 Å². The molecule has 0 fully saturated rings. The number of pyridine rings is 4. The fourth-order valence-electron chi connectivity index (χ4n) is 15.3. The van der Waals surface area contributed by atoms with E-state index in [2.05, 4.69) is 264 Å². The second kappa shape index (κ2) is 63.3. The topological polar surface area (TPSA) is 217 Å². The quantitative estimate of drug-likeness (QED) is 0.0249. The summed E-state index contributed by atoms with van der Waals surface area (Å²) in [7, 11) is 0. The molecule has 0 aliphatic heterocycles. The van der Waals surface area contributed by atoms with Crippen LogP contribution in [0, 0.1) is 103 Å². The number of ketones is 2. The van der Waals surface area contributed by atoms with Crippen molar-refractivity contribution in [1.82, 2.24) is 48.6 Å². The van der Waals surface area contributed by atoms with Gasteiger partial charge in [-0.3, -0.25) is 33.3 Å². The van der Waals surface area contributed by atoms with Crippen LogP contribution in [0.15, 0.2) is 367 Å². The van der Waals surface area contributed by atoms with Gasteiger partial charge in [0.05, 0.1) is 29.0 Å². The zero-order valence-electron chi connectivity index (χ0n) is 82.9. The largest absolute Gasteiger partial charge is 0.512 e. The maximum atomic E-state index is 13.5. The third kappa shape index (κ3) is 37.4. The van der Waals surface area contributed by atoms with Crippen molar-refractivity contribution in [3.05, 3.63) is 493 Å². The SMILES string of the molecule is C=CCc1cc(C)c(-n2ccnc2-c2[c-]cccc2)c(C)c1.C=CCc1cc[c-]c(-c2nccn2-c2c(C)cc(C)cc2C)c1.C=CCc1ccc2[c-]c(-c3ccccn3)sc2c1.C=CCc1ccnc(-c2[c-]c3ccccc3s2)c1.C=CCc1ccnc(-c2[c-]cc(F)cc2F)c1.CC(=O)C=C(C)O.CC(=O)C=C(C)O.Cc1cc(C)c(-n2ccnc2-c2[c-]cccc2)c(C)c1.O=C(O)c1ccccn1.[Ir].[Ir].[Ir].[Ir].[Ir]. The van der Waals surface area contributed by atoms with Crippen molar-refractivity contribution in [2.24, 2.45) is 0 Å². The van der Waals surface area contributed by atoms with Crippen LogP contribution in [0.2, 0.25) is 0 Å². The number of fused-ring (bicyclic) bond motifs is 2. The van der Waals surface area contributed by atoms with Crippen LogP contribution in [0.3, 0.4) is 0 Å². The van der Waals surface area contributed by atoms with E-state index in [-0.39, 0.29) is 135 Å². The van der Waals surface area contributed by atoms with E-state index in [1.165, 1.54) is 145 Å². The zero-order chi connectivity index (χ0) is 101. The number of halogens is 2. The van der Waals surface area contributed by atoms with Crippen LogP contribution in [0.4, 0.5) is 8.78 Å². The Morgan fingerprint density at radius 2 is 0.760 bits per heavy atom. The van der Waals surface area contributed by atoms with Gasteiger partial charge in [0.1, 0.15) is 5.69 Å². The molecule has 5 radical (unpaired) electrons. The summed E-state index contributed by atoms with van der Waals surface area (Å²) in [6.45, 7) is 41.7. The van der Waals surface area contributed by atoms with Gasteiger partial charge < -0.3 is 44.0 Å². The second-order valence-corrected chi connectivity index (χ2v) is 34.8. The predicted molar refractivity (Wildman–Crippen MR) is 572 cm³/mol. The molecule has 0 unspecified atom stereocenters. The number of allylic oxidation sites excluding steroid dienone is 9. The van der Waals surface area contributed by atoms with Crippen molar-refractivity contribution in [3.63, 3.8) is 0 Å². The van der Waals surface area contributed by atoms with Gasteiger partial charge in [0, 0.05) is 215 Å². The number of aryl methyl sites for hydroxylation is 8. The van der Waals surface area contributed by atoms with Gasteiger partial charge >= 0.3 is 5.97 Å². The summed E-state index contributed by atoms with van der Waals surface area (Å²) in [4.78, 5) is 62.4. The third-order valence-corrected chi connectivity index (χ3v) is 23.0. The smallest absolute Gasteiger partial charge is 0.354 e. The molecule has 146 heavy (non-hydrogen) atoms. The summed E-state index contributed by atoms with van der Waals surface area (Å²) in [5, 5.41) is 27.4. The van der Waals surface area contributed by atoms with E-state index >= 15 is 0 Å². The Hall–Kier alpha value is -13.2. The first kappa shape index (κ1) is 123. The molecule has 9 heterocycles. The van der Waals surface area contributed by atoms with Crippen LogP contribution in [-0.2, 0) is 142 Å².